The van der Waals surface area contributed by atoms with E-state index in [1.165, 1.54) is 17.0 Å². The number of carbonyl (C=O) groups is 2. The first-order valence-electron chi connectivity index (χ1n) is 13.9. The number of benzene rings is 4. The molecule has 4 aromatic carbocycles. The Morgan fingerprint density at radius 2 is 1.28 bits per heavy atom. The van der Waals surface area contributed by atoms with Crippen LogP contribution in [-0.4, -0.2) is 56.2 Å². The number of amides is 2. The number of aryl methyl sites for hydroxylation is 1. The van der Waals surface area contributed by atoms with E-state index in [9.17, 15) is 26.8 Å². The van der Waals surface area contributed by atoms with Crippen LogP contribution in [0, 0.1) is 18.6 Å². The quantitative estimate of drug-likeness (QED) is 0.310. The van der Waals surface area contributed by atoms with E-state index in [4.69, 9.17) is 0 Å². The number of nitrogens with one attached hydrogen (secondary N) is 1. The fourth-order valence-electron chi connectivity index (χ4n) is 5.17. The molecule has 0 radical (unpaired) electrons. The number of sulfonamides is 1. The highest BCUT2D eigenvalue weighted by atomic mass is 32.2. The van der Waals surface area contributed by atoms with Crippen molar-refractivity contribution in [3.05, 3.63) is 137 Å². The van der Waals surface area contributed by atoms with E-state index in [2.05, 4.69) is 4.72 Å². The monoisotopic (exact) mass is 603 g/mol. The molecule has 1 saturated heterocycles. The summed E-state index contributed by atoms with van der Waals surface area (Å²) in [6.07, 6.45) is 0.439. The fraction of sp³-hybridized carbons (Fsp3) is 0.212. The van der Waals surface area contributed by atoms with Crippen LogP contribution in [0.25, 0.3) is 0 Å². The van der Waals surface area contributed by atoms with Gasteiger partial charge in [0.25, 0.3) is 11.8 Å². The summed E-state index contributed by atoms with van der Waals surface area (Å²) in [7, 11) is -4.06. The van der Waals surface area contributed by atoms with Gasteiger partial charge >= 0.3 is 0 Å². The lowest BCUT2D eigenvalue weighted by Gasteiger charge is -2.23. The lowest BCUT2D eigenvalue weighted by atomic mass is 10.00. The van der Waals surface area contributed by atoms with E-state index in [1.54, 1.807) is 17.9 Å². The molecular formula is C33H31F2N3O4S. The molecule has 0 atom stereocenters. The van der Waals surface area contributed by atoms with Gasteiger partial charge in [-0.05, 0) is 54.3 Å². The summed E-state index contributed by atoms with van der Waals surface area (Å²) >= 11 is 0. The summed E-state index contributed by atoms with van der Waals surface area (Å²) in [6.45, 7) is 2.67. The average molecular weight is 604 g/mol. The van der Waals surface area contributed by atoms with Crippen molar-refractivity contribution < 1.29 is 26.8 Å². The van der Waals surface area contributed by atoms with Gasteiger partial charge in [-0.1, -0.05) is 66.7 Å². The highest BCUT2D eigenvalue weighted by Crippen LogP contribution is 2.26. The molecular weight excluding hydrogens is 572 g/mol. The molecule has 0 saturated carbocycles. The van der Waals surface area contributed by atoms with Crippen LogP contribution in [0.2, 0.25) is 0 Å². The van der Waals surface area contributed by atoms with Gasteiger partial charge in [-0.25, -0.2) is 17.2 Å². The summed E-state index contributed by atoms with van der Waals surface area (Å²) in [5, 5.41) is 0. The maximum atomic E-state index is 14.2. The van der Waals surface area contributed by atoms with Crippen molar-refractivity contribution in [1.82, 2.24) is 14.5 Å². The molecule has 222 valence electrons. The topological polar surface area (TPSA) is 86.8 Å². The molecule has 0 aliphatic carbocycles. The molecule has 4 aromatic rings. The lowest BCUT2D eigenvalue weighted by molar-refractivity contribution is 0.0715. The molecule has 7 nitrogen and oxygen atoms in total. The number of hydrogen-bond acceptors (Lipinski definition) is 4. The molecule has 1 heterocycles. The summed E-state index contributed by atoms with van der Waals surface area (Å²) < 4.78 is 57.7. The van der Waals surface area contributed by atoms with E-state index in [0.717, 1.165) is 23.3 Å². The summed E-state index contributed by atoms with van der Waals surface area (Å²) in [4.78, 5) is 29.5. The van der Waals surface area contributed by atoms with E-state index >= 15 is 0 Å². The van der Waals surface area contributed by atoms with Crippen LogP contribution in [0.1, 0.15) is 49.9 Å². The molecule has 0 spiro atoms. The van der Waals surface area contributed by atoms with Crippen molar-refractivity contribution in [2.45, 2.75) is 24.3 Å². The van der Waals surface area contributed by atoms with Crippen LogP contribution in [0.15, 0.2) is 102 Å². The highest BCUT2D eigenvalue weighted by Gasteiger charge is 2.28. The van der Waals surface area contributed by atoms with Gasteiger partial charge in [-0.2, -0.15) is 4.72 Å². The van der Waals surface area contributed by atoms with Gasteiger partial charge in [0.15, 0.2) is 0 Å². The predicted octanol–water partition coefficient (Wildman–Crippen LogP) is 5.33. The summed E-state index contributed by atoms with van der Waals surface area (Å²) in [5.41, 5.74) is 2.15. The minimum Gasteiger partial charge on any atom is -0.337 e. The number of carbonyl (C=O) groups excluding carboxylic acids is 2. The SMILES string of the molecule is Cc1ccc(S(=O)(=O)NC(c2ccccc2)c2ccccc2)cc1C(=O)N1CCCN(C(=O)c2ccc(F)cc2F)CC1. The predicted molar refractivity (Wildman–Crippen MR) is 159 cm³/mol. The molecule has 1 aliphatic rings. The zero-order chi connectivity index (χ0) is 30.6. The maximum absolute atomic E-state index is 14.2. The Morgan fingerprint density at radius 1 is 0.721 bits per heavy atom. The Morgan fingerprint density at radius 3 is 1.84 bits per heavy atom. The Labute approximate surface area is 249 Å². The zero-order valence-corrected chi connectivity index (χ0v) is 24.4. The molecule has 0 unspecified atom stereocenters. The molecule has 2 amide bonds. The Bertz CT molecular complexity index is 1690. The second kappa shape index (κ2) is 12.8. The molecule has 5 rings (SSSR count). The summed E-state index contributed by atoms with van der Waals surface area (Å²) in [5.74, 6) is -2.65. The van der Waals surface area contributed by atoms with Crippen molar-refractivity contribution in [1.29, 1.82) is 0 Å². The molecule has 1 fully saturated rings. The summed E-state index contributed by atoms with van der Waals surface area (Å²) in [6, 6.07) is 25.1. The Kier molecular flexibility index (Phi) is 8.98. The van der Waals surface area contributed by atoms with Crippen LogP contribution in [0.4, 0.5) is 8.78 Å². The molecule has 1 N–H and O–H groups in total. The van der Waals surface area contributed by atoms with Crippen LogP contribution >= 0.6 is 0 Å². The third-order valence-corrected chi connectivity index (χ3v) is 8.94. The van der Waals surface area contributed by atoms with E-state index in [0.29, 0.717) is 24.6 Å². The maximum Gasteiger partial charge on any atom is 0.256 e. The van der Waals surface area contributed by atoms with Crippen LogP contribution in [0.5, 0.6) is 0 Å². The van der Waals surface area contributed by atoms with E-state index in [-0.39, 0.29) is 41.6 Å². The van der Waals surface area contributed by atoms with Gasteiger partial charge in [0.1, 0.15) is 11.6 Å². The van der Waals surface area contributed by atoms with E-state index in [1.807, 2.05) is 60.7 Å². The van der Waals surface area contributed by atoms with Gasteiger partial charge in [0.05, 0.1) is 16.5 Å². The number of halogens is 2. The standard InChI is InChI=1S/C33H31F2N3O4S/c1-23-13-15-27(43(41,42)36-31(24-9-4-2-5-10-24)25-11-6-3-7-12-25)22-29(23)33(40)38-18-8-17-37(19-20-38)32(39)28-16-14-26(34)21-30(28)35/h2-7,9-16,21-22,31,36H,8,17-20H2,1H3. The second-order valence-corrected chi connectivity index (χ2v) is 12.1. The largest absolute Gasteiger partial charge is 0.337 e. The van der Waals surface area contributed by atoms with E-state index < -0.39 is 33.6 Å². The number of rotatable bonds is 7. The van der Waals surface area contributed by atoms with Crippen LogP contribution < -0.4 is 4.72 Å². The average Bonchev–Trinajstić information content (AvgIpc) is 3.27. The first-order chi connectivity index (χ1) is 20.6. The van der Waals surface area contributed by atoms with Gasteiger partial charge in [0.2, 0.25) is 10.0 Å². The smallest absolute Gasteiger partial charge is 0.256 e. The third-order valence-electron chi connectivity index (χ3n) is 7.52. The number of nitrogens with zero attached hydrogens (tertiary/aromatic N) is 2. The van der Waals surface area contributed by atoms with Crippen molar-refractivity contribution in [3.63, 3.8) is 0 Å². The normalized spacial score (nSPS) is 14.0. The minimum atomic E-state index is -4.06. The van der Waals surface area contributed by atoms with Gasteiger partial charge in [0, 0.05) is 37.8 Å². The first kappa shape index (κ1) is 30.1. The number of hydrogen-bond donors (Lipinski definition) is 1. The Hall–Kier alpha value is -4.41. The zero-order valence-electron chi connectivity index (χ0n) is 23.5. The van der Waals surface area contributed by atoms with Crippen molar-refractivity contribution in [3.8, 4) is 0 Å². The Balaban J connectivity index is 1.35. The van der Waals surface area contributed by atoms with Crippen LogP contribution in [0.3, 0.4) is 0 Å². The molecule has 0 bridgehead atoms. The van der Waals surface area contributed by atoms with Crippen LogP contribution in [-0.2, 0) is 10.0 Å². The van der Waals surface area contributed by atoms with Gasteiger partial charge in [-0.15, -0.1) is 0 Å². The first-order valence-corrected chi connectivity index (χ1v) is 15.4. The lowest BCUT2D eigenvalue weighted by Crippen LogP contribution is -2.38. The highest BCUT2D eigenvalue weighted by molar-refractivity contribution is 7.89. The molecule has 1 aliphatic heterocycles. The molecule has 0 aromatic heterocycles. The fourth-order valence-corrected chi connectivity index (χ4v) is 6.41. The van der Waals surface area contributed by atoms with Gasteiger partial charge < -0.3 is 9.80 Å². The second-order valence-electron chi connectivity index (χ2n) is 10.4. The minimum absolute atomic E-state index is 0.0447. The third kappa shape index (κ3) is 6.81. The van der Waals surface area contributed by atoms with Crippen molar-refractivity contribution in [2.24, 2.45) is 0 Å². The molecule has 43 heavy (non-hydrogen) atoms. The van der Waals surface area contributed by atoms with Crippen molar-refractivity contribution in [2.75, 3.05) is 26.2 Å². The molecule has 10 heteroatoms. The van der Waals surface area contributed by atoms with Gasteiger partial charge in [-0.3, -0.25) is 9.59 Å². The van der Waals surface area contributed by atoms with Crippen molar-refractivity contribution >= 4 is 21.8 Å².